The number of nitrogens with zero attached hydrogens (tertiary/aromatic N) is 3. The normalized spacial score (nSPS) is 17.8. The molecule has 148 valence electrons. The number of hydrogen-bond acceptors (Lipinski definition) is 4. The summed E-state index contributed by atoms with van der Waals surface area (Å²) in [6, 6.07) is 16.5. The van der Waals surface area contributed by atoms with E-state index in [0.717, 1.165) is 12.0 Å². The molecule has 3 aromatic rings. The molecule has 6 nitrogen and oxygen atoms in total. The molecule has 2 aromatic heterocycles. The van der Waals surface area contributed by atoms with E-state index in [1.807, 2.05) is 42.5 Å². The molecule has 4 rings (SSSR count). The Morgan fingerprint density at radius 1 is 1.00 bits per heavy atom. The fourth-order valence-electron chi connectivity index (χ4n) is 4.48. The van der Waals surface area contributed by atoms with Crippen molar-refractivity contribution in [3.63, 3.8) is 0 Å². The van der Waals surface area contributed by atoms with Gasteiger partial charge in [-0.1, -0.05) is 42.5 Å². The summed E-state index contributed by atoms with van der Waals surface area (Å²) in [6.45, 7) is 0.458. The molecule has 1 aromatic carbocycles. The standard InChI is InChI=1S/C23H23N3O3/c27-22(28)26-14-6-11-20(26)21(17-7-2-1-3-8-17)23(29,18-9-4-12-24-15-18)19-10-5-13-25-16-19/h1-5,7-10,12-13,15-16,20-21,29H,6,11,14H2,(H,27,28). The van der Waals surface area contributed by atoms with E-state index in [-0.39, 0.29) is 6.04 Å². The Kier molecular flexibility index (Phi) is 5.27. The average Bonchev–Trinajstić information content (AvgIpc) is 3.25. The third-order valence-corrected chi connectivity index (χ3v) is 5.74. The second kappa shape index (κ2) is 8.01. The van der Waals surface area contributed by atoms with Crippen LogP contribution in [0, 0.1) is 0 Å². The van der Waals surface area contributed by atoms with Crippen molar-refractivity contribution in [3.8, 4) is 0 Å². The molecule has 2 N–H and O–H groups in total. The number of aliphatic hydroxyl groups is 1. The summed E-state index contributed by atoms with van der Waals surface area (Å²) in [5, 5.41) is 22.1. The van der Waals surface area contributed by atoms with E-state index in [1.165, 1.54) is 4.90 Å². The largest absolute Gasteiger partial charge is 0.465 e. The highest BCUT2D eigenvalue weighted by atomic mass is 16.4. The van der Waals surface area contributed by atoms with Crippen molar-refractivity contribution in [3.05, 3.63) is 96.1 Å². The molecule has 1 saturated heterocycles. The third-order valence-electron chi connectivity index (χ3n) is 5.74. The van der Waals surface area contributed by atoms with Crippen LogP contribution in [0.1, 0.15) is 35.4 Å². The number of likely N-dealkylation sites (tertiary alicyclic amines) is 1. The lowest BCUT2D eigenvalue weighted by atomic mass is 9.70. The Morgan fingerprint density at radius 3 is 2.14 bits per heavy atom. The van der Waals surface area contributed by atoms with Crippen LogP contribution in [0.4, 0.5) is 4.79 Å². The van der Waals surface area contributed by atoms with Crippen LogP contribution in [0.15, 0.2) is 79.4 Å². The van der Waals surface area contributed by atoms with Crippen molar-refractivity contribution in [2.24, 2.45) is 0 Å². The van der Waals surface area contributed by atoms with E-state index in [1.54, 1.807) is 36.9 Å². The molecular formula is C23H23N3O3. The number of pyridine rings is 2. The van der Waals surface area contributed by atoms with Gasteiger partial charge in [0.1, 0.15) is 5.60 Å². The van der Waals surface area contributed by atoms with Crippen molar-refractivity contribution < 1.29 is 15.0 Å². The molecule has 0 saturated carbocycles. The zero-order valence-electron chi connectivity index (χ0n) is 15.9. The first kappa shape index (κ1) is 19.1. The van der Waals surface area contributed by atoms with E-state index in [0.29, 0.717) is 24.1 Å². The van der Waals surface area contributed by atoms with E-state index in [2.05, 4.69) is 9.97 Å². The molecule has 1 aliphatic heterocycles. The summed E-state index contributed by atoms with van der Waals surface area (Å²) < 4.78 is 0. The fourth-order valence-corrected chi connectivity index (χ4v) is 4.48. The highest BCUT2D eigenvalue weighted by molar-refractivity contribution is 5.66. The zero-order chi connectivity index (χ0) is 20.3. The van der Waals surface area contributed by atoms with E-state index in [9.17, 15) is 15.0 Å². The summed E-state index contributed by atoms with van der Waals surface area (Å²) >= 11 is 0. The summed E-state index contributed by atoms with van der Waals surface area (Å²) in [7, 11) is 0. The highest BCUT2D eigenvalue weighted by Crippen LogP contribution is 2.47. The van der Waals surface area contributed by atoms with Crippen LogP contribution in [0.3, 0.4) is 0 Å². The fraction of sp³-hybridized carbons (Fsp3) is 0.261. The van der Waals surface area contributed by atoms with Crippen molar-refractivity contribution >= 4 is 6.09 Å². The molecular weight excluding hydrogens is 366 g/mol. The maximum Gasteiger partial charge on any atom is 0.407 e. The van der Waals surface area contributed by atoms with Gasteiger partial charge in [-0.15, -0.1) is 0 Å². The molecule has 1 amide bonds. The van der Waals surface area contributed by atoms with Crippen LogP contribution in [-0.4, -0.2) is 43.8 Å². The molecule has 0 bridgehead atoms. The lowest BCUT2D eigenvalue weighted by Gasteiger charge is -2.42. The molecule has 1 aliphatic rings. The monoisotopic (exact) mass is 389 g/mol. The average molecular weight is 389 g/mol. The van der Waals surface area contributed by atoms with Gasteiger partial charge >= 0.3 is 6.09 Å². The molecule has 2 unspecified atom stereocenters. The topological polar surface area (TPSA) is 86.5 Å². The molecule has 3 heterocycles. The first-order valence-electron chi connectivity index (χ1n) is 9.70. The van der Waals surface area contributed by atoms with Crippen LogP contribution in [0.2, 0.25) is 0 Å². The minimum absolute atomic E-state index is 0.375. The second-order valence-electron chi connectivity index (χ2n) is 7.32. The molecule has 1 fully saturated rings. The summed E-state index contributed by atoms with van der Waals surface area (Å²) in [6.07, 6.45) is 7.07. The van der Waals surface area contributed by atoms with Crippen molar-refractivity contribution in [1.82, 2.24) is 14.9 Å². The van der Waals surface area contributed by atoms with Gasteiger partial charge in [-0.25, -0.2) is 4.79 Å². The predicted molar refractivity (Wildman–Crippen MR) is 108 cm³/mol. The van der Waals surface area contributed by atoms with Gasteiger partial charge in [0.25, 0.3) is 0 Å². The van der Waals surface area contributed by atoms with Crippen LogP contribution < -0.4 is 0 Å². The number of carbonyl (C=O) groups is 1. The molecule has 6 heteroatoms. The Morgan fingerprint density at radius 2 is 1.62 bits per heavy atom. The SMILES string of the molecule is O=C(O)N1CCCC1C(c1ccccc1)C(O)(c1cccnc1)c1cccnc1. The van der Waals surface area contributed by atoms with Gasteiger partial charge in [-0.05, 0) is 30.5 Å². The number of benzene rings is 1. The number of aromatic nitrogens is 2. The smallest absolute Gasteiger partial charge is 0.407 e. The number of amides is 1. The first-order valence-corrected chi connectivity index (χ1v) is 9.70. The number of carboxylic acid groups (broad SMARTS) is 1. The quantitative estimate of drug-likeness (QED) is 0.696. The van der Waals surface area contributed by atoms with E-state index in [4.69, 9.17) is 0 Å². The first-order chi connectivity index (χ1) is 14.1. The van der Waals surface area contributed by atoms with Gasteiger partial charge in [0.2, 0.25) is 0 Å². The van der Waals surface area contributed by atoms with E-state index < -0.39 is 17.6 Å². The second-order valence-corrected chi connectivity index (χ2v) is 7.32. The summed E-state index contributed by atoms with van der Waals surface area (Å²) in [4.78, 5) is 21.9. The molecule has 0 radical (unpaired) electrons. The number of hydrogen-bond donors (Lipinski definition) is 2. The van der Waals surface area contributed by atoms with Gasteiger partial charge in [-0.3, -0.25) is 9.97 Å². The minimum Gasteiger partial charge on any atom is -0.465 e. The van der Waals surface area contributed by atoms with Crippen LogP contribution >= 0.6 is 0 Å². The summed E-state index contributed by atoms with van der Waals surface area (Å²) in [5.41, 5.74) is 0.603. The molecule has 0 spiro atoms. The summed E-state index contributed by atoms with van der Waals surface area (Å²) in [5.74, 6) is -0.518. The van der Waals surface area contributed by atoms with Gasteiger partial charge in [0.05, 0.1) is 0 Å². The van der Waals surface area contributed by atoms with Crippen molar-refractivity contribution in [2.45, 2.75) is 30.4 Å². The van der Waals surface area contributed by atoms with Gasteiger partial charge < -0.3 is 15.1 Å². The highest BCUT2D eigenvalue weighted by Gasteiger charge is 2.49. The van der Waals surface area contributed by atoms with E-state index >= 15 is 0 Å². The van der Waals surface area contributed by atoms with Crippen molar-refractivity contribution in [1.29, 1.82) is 0 Å². The Bertz CT molecular complexity index is 911. The minimum atomic E-state index is -1.49. The van der Waals surface area contributed by atoms with Crippen LogP contribution in [-0.2, 0) is 5.60 Å². The van der Waals surface area contributed by atoms with Crippen molar-refractivity contribution in [2.75, 3.05) is 6.54 Å². The zero-order valence-corrected chi connectivity index (χ0v) is 15.9. The Labute approximate surface area is 169 Å². The number of rotatable bonds is 5. The van der Waals surface area contributed by atoms with Crippen LogP contribution in [0.5, 0.6) is 0 Å². The van der Waals surface area contributed by atoms with Gasteiger partial charge in [-0.2, -0.15) is 0 Å². The van der Waals surface area contributed by atoms with Crippen LogP contribution in [0.25, 0.3) is 0 Å². The Hall–Kier alpha value is -3.25. The van der Waals surface area contributed by atoms with Gasteiger partial charge in [0.15, 0.2) is 0 Å². The maximum absolute atomic E-state index is 12.3. The molecule has 29 heavy (non-hydrogen) atoms. The lowest BCUT2D eigenvalue weighted by molar-refractivity contribution is 0.0176. The third kappa shape index (κ3) is 3.47. The lowest BCUT2D eigenvalue weighted by Crippen LogP contribution is -2.47. The molecule has 0 aliphatic carbocycles. The maximum atomic E-state index is 12.3. The molecule has 2 atom stereocenters. The Balaban J connectivity index is 1.96. The van der Waals surface area contributed by atoms with Gasteiger partial charge in [0, 0.05) is 54.4 Å². The predicted octanol–water partition coefficient (Wildman–Crippen LogP) is 3.64.